The third kappa shape index (κ3) is 4.25. The molecule has 0 N–H and O–H groups in total. The lowest BCUT2D eigenvalue weighted by molar-refractivity contribution is -0.113. The van der Waals surface area contributed by atoms with Crippen LogP contribution in [0, 0.1) is 0 Å². The molecule has 0 aliphatic rings. The van der Waals surface area contributed by atoms with Crippen molar-refractivity contribution in [1.29, 1.82) is 0 Å². The van der Waals surface area contributed by atoms with Gasteiger partial charge in [-0.3, -0.25) is 9.79 Å². The fourth-order valence-electron chi connectivity index (χ4n) is 0.586. The number of Topliss-reactive ketones (excluding diaryl/α,β-unsaturated/α-hetero) is 1. The average molecular weight is 151 g/mol. The Hall–Kier alpha value is -1.18. The lowest BCUT2D eigenvalue weighted by atomic mass is 10.2. The quantitative estimate of drug-likeness (QED) is 0.345. The van der Waals surface area contributed by atoms with Crippen molar-refractivity contribution in [2.75, 3.05) is 0 Å². The van der Waals surface area contributed by atoms with E-state index in [4.69, 9.17) is 0 Å². The first kappa shape index (κ1) is 9.82. The number of rotatable bonds is 3. The molecule has 60 valence electrons. The van der Waals surface area contributed by atoms with Gasteiger partial charge in [0, 0.05) is 18.0 Å². The second-order valence-electron chi connectivity index (χ2n) is 2.05. The maximum absolute atomic E-state index is 10.8. The topological polar surface area (TPSA) is 29.4 Å². The molecule has 0 aliphatic heterocycles. The number of carbonyl (C=O) groups is 1. The van der Waals surface area contributed by atoms with Crippen LogP contribution in [-0.2, 0) is 4.79 Å². The van der Waals surface area contributed by atoms with Crippen molar-refractivity contribution in [3.8, 4) is 0 Å². The standard InChI is InChI=1S/C9H13NO/c1-4-6-9(8(3)11)7-10-5-2/h4-7H,1-3H3/b6-4+,9-7+,10-5?. The van der Waals surface area contributed by atoms with E-state index in [1.165, 1.54) is 6.92 Å². The highest BCUT2D eigenvalue weighted by atomic mass is 16.1. The van der Waals surface area contributed by atoms with Gasteiger partial charge in [-0.05, 0) is 20.8 Å². The smallest absolute Gasteiger partial charge is 0.161 e. The SMILES string of the molecule is CC=N/C=C(\C=C\C)C(C)=O. The van der Waals surface area contributed by atoms with Crippen LogP contribution in [0.3, 0.4) is 0 Å². The Balaban J connectivity index is 4.45. The normalized spacial score (nSPS) is 13.2. The first-order valence-electron chi connectivity index (χ1n) is 3.54. The molecule has 0 unspecified atom stereocenters. The molecule has 0 heterocycles. The van der Waals surface area contributed by atoms with E-state index >= 15 is 0 Å². The molecule has 0 aromatic rings. The second-order valence-corrected chi connectivity index (χ2v) is 2.05. The zero-order chi connectivity index (χ0) is 8.69. The summed E-state index contributed by atoms with van der Waals surface area (Å²) in [6.07, 6.45) is 6.77. The van der Waals surface area contributed by atoms with Crippen LogP contribution in [0.5, 0.6) is 0 Å². The van der Waals surface area contributed by atoms with Gasteiger partial charge in [0.1, 0.15) is 0 Å². The van der Waals surface area contributed by atoms with Gasteiger partial charge in [0.05, 0.1) is 0 Å². The number of hydrogen-bond acceptors (Lipinski definition) is 2. The van der Waals surface area contributed by atoms with Crippen molar-refractivity contribution >= 4 is 12.0 Å². The van der Waals surface area contributed by atoms with E-state index in [0.29, 0.717) is 5.57 Å². The molecule has 11 heavy (non-hydrogen) atoms. The molecule has 0 rings (SSSR count). The Kier molecular flexibility index (Phi) is 4.99. The number of ketones is 1. The van der Waals surface area contributed by atoms with E-state index in [9.17, 15) is 4.79 Å². The van der Waals surface area contributed by atoms with E-state index in [-0.39, 0.29) is 5.78 Å². The molecule has 0 bridgehead atoms. The fraction of sp³-hybridized carbons (Fsp3) is 0.333. The van der Waals surface area contributed by atoms with E-state index in [2.05, 4.69) is 4.99 Å². The summed E-state index contributed by atoms with van der Waals surface area (Å²) in [5, 5.41) is 0. The predicted molar refractivity (Wildman–Crippen MR) is 47.7 cm³/mol. The molecule has 0 amide bonds. The zero-order valence-corrected chi connectivity index (χ0v) is 7.16. The molecule has 2 nitrogen and oxygen atoms in total. The number of aliphatic imine (C=N–C) groups is 1. The van der Waals surface area contributed by atoms with Crippen LogP contribution in [0.1, 0.15) is 20.8 Å². The van der Waals surface area contributed by atoms with Crippen LogP contribution in [0.15, 0.2) is 28.9 Å². The first-order chi connectivity index (χ1) is 5.22. The predicted octanol–water partition coefficient (Wildman–Crippen LogP) is 2.13. The minimum atomic E-state index is 0.0358. The molecule has 0 spiro atoms. The highest BCUT2D eigenvalue weighted by Gasteiger charge is 1.95. The molecule has 0 aromatic carbocycles. The highest BCUT2D eigenvalue weighted by molar-refractivity contribution is 5.96. The van der Waals surface area contributed by atoms with Gasteiger partial charge in [0.2, 0.25) is 0 Å². The van der Waals surface area contributed by atoms with Crippen molar-refractivity contribution in [3.05, 3.63) is 23.9 Å². The van der Waals surface area contributed by atoms with Gasteiger partial charge in [-0.15, -0.1) is 0 Å². The molecule has 0 aliphatic carbocycles. The van der Waals surface area contributed by atoms with Gasteiger partial charge in [-0.2, -0.15) is 0 Å². The van der Waals surface area contributed by atoms with Crippen LogP contribution >= 0.6 is 0 Å². The van der Waals surface area contributed by atoms with Crippen molar-refractivity contribution in [2.24, 2.45) is 4.99 Å². The summed E-state index contributed by atoms with van der Waals surface area (Å²) in [7, 11) is 0. The number of nitrogens with zero attached hydrogens (tertiary/aromatic N) is 1. The van der Waals surface area contributed by atoms with Gasteiger partial charge in [-0.25, -0.2) is 0 Å². The lowest BCUT2D eigenvalue weighted by Gasteiger charge is -1.90. The Morgan fingerprint density at radius 2 is 2.00 bits per heavy atom. The highest BCUT2D eigenvalue weighted by Crippen LogP contribution is 1.98. The fourth-order valence-corrected chi connectivity index (χ4v) is 0.586. The van der Waals surface area contributed by atoms with Gasteiger partial charge < -0.3 is 0 Å². The summed E-state index contributed by atoms with van der Waals surface area (Å²) in [4.78, 5) is 14.7. The van der Waals surface area contributed by atoms with Crippen LogP contribution in [-0.4, -0.2) is 12.0 Å². The van der Waals surface area contributed by atoms with Gasteiger partial charge >= 0.3 is 0 Å². The van der Waals surface area contributed by atoms with Crippen LogP contribution in [0.4, 0.5) is 0 Å². The summed E-state index contributed by atoms with van der Waals surface area (Å²) in [6, 6.07) is 0. The van der Waals surface area contributed by atoms with Crippen LogP contribution in [0.2, 0.25) is 0 Å². The number of carbonyl (C=O) groups excluding carboxylic acids is 1. The van der Waals surface area contributed by atoms with Gasteiger partial charge in [0.15, 0.2) is 5.78 Å². The third-order valence-corrected chi connectivity index (χ3v) is 1.12. The number of allylic oxidation sites excluding steroid dienone is 3. The molecule has 0 fully saturated rings. The zero-order valence-electron chi connectivity index (χ0n) is 7.16. The molecular weight excluding hydrogens is 138 g/mol. The van der Waals surface area contributed by atoms with Crippen molar-refractivity contribution in [2.45, 2.75) is 20.8 Å². The van der Waals surface area contributed by atoms with E-state index in [1.54, 1.807) is 18.5 Å². The minimum Gasteiger partial charge on any atom is -0.294 e. The minimum absolute atomic E-state index is 0.0358. The Bertz CT molecular complexity index is 212. The molecular formula is C9H13NO. The molecule has 0 aromatic heterocycles. The number of hydrogen-bond donors (Lipinski definition) is 0. The maximum Gasteiger partial charge on any atom is 0.161 e. The van der Waals surface area contributed by atoms with E-state index in [0.717, 1.165) is 0 Å². The molecule has 0 saturated heterocycles. The summed E-state index contributed by atoms with van der Waals surface area (Å²) in [6.45, 7) is 5.20. The second kappa shape index (κ2) is 5.59. The maximum atomic E-state index is 10.8. The summed E-state index contributed by atoms with van der Waals surface area (Å²) in [5.74, 6) is 0.0358. The Morgan fingerprint density at radius 1 is 1.36 bits per heavy atom. The molecule has 2 heteroatoms. The monoisotopic (exact) mass is 151 g/mol. The lowest BCUT2D eigenvalue weighted by Crippen LogP contribution is -1.91. The van der Waals surface area contributed by atoms with Crippen molar-refractivity contribution in [3.63, 3.8) is 0 Å². The Labute approximate surface area is 67.3 Å². The molecule has 0 radical (unpaired) electrons. The first-order valence-corrected chi connectivity index (χ1v) is 3.54. The molecule has 0 atom stereocenters. The third-order valence-electron chi connectivity index (χ3n) is 1.12. The van der Waals surface area contributed by atoms with Crippen LogP contribution in [0.25, 0.3) is 0 Å². The summed E-state index contributed by atoms with van der Waals surface area (Å²) in [5.41, 5.74) is 0.630. The van der Waals surface area contributed by atoms with Gasteiger partial charge in [-0.1, -0.05) is 12.2 Å². The summed E-state index contributed by atoms with van der Waals surface area (Å²) >= 11 is 0. The average Bonchev–Trinajstić information content (AvgIpc) is 1.97. The van der Waals surface area contributed by atoms with E-state index < -0.39 is 0 Å². The van der Waals surface area contributed by atoms with Crippen molar-refractivity contribution in [1.82, 2.24) is 0 Å². The largest absolute Gasteiger partial charge is 0.294 e. The molecule has 0 saturated carbocycles. The van der Waals surface area contributed by atoms with Gasteiger partial charge in [0.25, 0.3) is 0 Å². The Morgan fingerprint density at radius 3 is 2.36 bits per heavy atom. The summed E-state index contributed by atoms with van der Waals surface area (Å²) < 4.78 is 0. The van der Waals surface area contributed by atoms with Crippen molar-refractivity contribution < 1.29 is 4.79 Å². The van der Waals surface area contributed by atoms with E-state index in [1.807, 2.05) is 19.9 Å². The van der Waals surface area contributed by atoms with Crippen LogP contribution < -0.4 is 0 Å².